The lowest BCUT2D eigenvalue weighted by Crippen LogP contribution is -2.00. The molecule has 1 heterocycles. The number of nitrogens with zero attached hydrogens (tertiary/aromatic N) is 3. The lowest BCUT2D eigenvalue weighted by atomic mass is 10.1. The predicted molar refractivity (Wildman–Crippen MR) is 83.1 cm³/mol. The van der Waals surface area contributed by atoms with E-state index in [1.165, 1.54) is 0 Å². The van der Waals surface area contributed by atoms with Crippen molar-refractivity contribution in [2.75, 3.05) is 14.2 Å². The summed E-state index contributed by atoms with van der Waals surface area (Å²) in [7, 11) is 3.21. The number of nitriles is 1. The monoisotopic (exact) mass is 293 g/mol. The molecule has 0 fully saturated rings. The van der Waals surface area contributed by atoms with Crippen molar-refractivity contribution in [3.05, 3.63) is 53.9 Å². The van der Waals surface area contributed by atoms with Gasteiger partial charge in [0.05, 0.1) is 49.8 Å². The highest BCUT2D eigenvalue weighted by Crippen LogP contribution is 2.31. The zero-order chi connectivity index (χ0) is 15.5. The molecule has 5 nitrogen and oxygen atoms in total. The zero-order valence-electron chi connectivity index (χ0n) is 12.4. The van der Waals surface area contributed by atoms with Crippen LogP contribution in [0.2, 0.25) is 0 Å². The quantitative estimate of drug-likeness (QED) is 0.742. The fraction of sp³-hybridized carbons (Fsp3) is 0.176. The maximum atomic E-state index is 9.20. The standard InChI is InChI=1S/C17H15N3O2/c1-21-16-7-14-15(8-17(16)22-2)20(11-19-14)10-13-6-4-3-5-12(13)9-18/h3-8,11H,10H2,1-2H3. The van der Waals surface area contributed by atoms with E-state index in [-0.39, 0.29) is 0 Å². The molecule has 1 aromatic heterocycles. The van der Waals surface area contributed by atoms with Crippen LogP contribution in [0, 0.1) is 11.3 Å². The number of hydrogen-bond acceptors (Lipinski definition) is 4. The summed E-state index contributed by atoms with van der Waals surface area (Å²) in [6.07, 6.45) is 1.76. The Balaban J connectivity index is 2.07. The van der Waals surface area contributed by atoms with Crippen molar-refractivity contribution in [3.8, 4) is 17.6 Å². The van der Waals surface area contributed by atoms with E-state index in [0.29, 0.717) is 23.6 Å². The van der Waals surface area contributed by atoms with Crippen LogP contribution in [0.15, 0.2) is 42.7 Å². The number of fused-ring (bicyclic) bond motifs is 1. The Morgan fingerprint density at radius 2 is 1.86 bits per heavy atom. The zero-order valence-corrected chi connectivity index (χ0v) is 12.4. The van der Waals surface area contributed by atoms with Gasteiger partial charge in [-0.1, -0.05) is 18.2 Å². The van der Waals surface area contributed by atoms with Gasteiger partial charge in [-0.05, 0) is 11.6 Å². The number of aromatic nitrogens is 2. The highest BCUT2D eigenvalue weighted by molar-refractivity contribution is 5.80. The number of imidazole rings is 1. The molecule has 0 saturated heterocycles. The van der Waals surface area contributed by atoms with Gasteiger partial charge >= 0.3 is 0 Å². The highest BCUT2D eigenvalue weighted by Gasteiger charge is 2.11. The average Bonchev–Trinajstić information content (AvgIpc) is 2.96. The molecule has 0 unspecified atom stereocenters. The Bertz CT molecular complexity index is 862. The van der Waals surface area contributed by atoms with Crippen molar-refractivity contribution in [2.24, 2.45) is 0 Å². The Labute approximate surface area is 128 Å². The minimum absolute atomic E-state index is 0.579. The van der Waals surface area contributed by atoms with Gasteiger partial charge in [0, 0.05) is 12.1 Å². The first kappa shape index (κ1) is 14.0. The largest absolute Gasteiger partial charge is 0.493 e. The van der Waals surface area contributed by atoms with Gasteiger partial charge in [0.1, 0.15) is 0 Å². The first-order chi connectivity index (χ1) is 10.8. The summed E-state index contributed by atoms with van der Waals surface area (Å²) in [4.78, 5) is 4.40. The molecule has 2 aromatic carbocycles. The molecule has 3 aromatic rings. The van der Waals surface area contributed by atoms with Gasteiger partial charge < -0.3 is 14.0 Å². The van der Waals surface area contributed by atoms with Crippen LogP contribution in [0.25, 0.3) is 11.0 Å². The third kappa shape index (κ3) is 2.35. The second-order valence-corrected chi connectivity index (χ2v) is 4.84. The van der Waals surface area contributed by atoms with E-state index in [1.807, 2.05) is 41.0 Å². The molecule has 0 saturated carbocycles. The third-order valence-electron chi connectivity index (χ3n) is 3.60. The van der Waals surface area contributed by atoms with Crippen molar-refractivity contribution in [2.45, 2.75) is 6.54 Å². The van der Waals surface area contributed by atoms with Crippen molar-refractivity contribution >= 4 is 11.0 Å². The van der Waals surface area contributed by atoms with Crippen molar-refractivity contribution in [1.29, 1.82) is 5.26 Å². The molecular weight excluding hydrogens is 278 g/mol. The van der Waals surface area contributed by atoms with Gasteiger partial charge in [-0.3, -0.25) is 0 Å². The fourth-order valence-electron chi connectivity index (χ4n) is 2.46. The molecule has 0 aliphatic rings. The van der Waals surface area contributed by atoms with Crippen molar-refractivity contribution < 1.29 is 9.47 Å². The number of rotatable bonds is 4. The fourth-order valence-corrected chi connectivity index (χ4v) is 2.46. The lowest BCUT2D eigenvalue weighted by Gasteiger charge is -2.09. The Kier molecular flexibility index (Phi) is 3.67. The highest BCUT2D eigenvalue weighted by atomic mass is 16.5. The molecule has 0 aliphatic carbocycles. The van der Waals surface area contributed by atoms with E-state index >= 15 is 0 Å². The Morgan fingerprint density at radius 3 is 2.59 bits per heavy atom. The summed E-state index contributed by atoms with van der Waals surface area (Å²) < 4.78 is 12.6. The number of methoxy groups -OCH3 is 2. The molecule has 0 bridgehead atoms. The second-order valence-electron chi connectivity index (χ2n) is 4.84. The topological polar surface area (TPSA) is 60.1 Å². The second kappa shape index (κ2) is 5.78. The summed E-state index contributed by atoms with van der Waals surface area (Å²) >= 11 is 0. The van der Waals surface area contributed by atoms with Gasteiger partial charge in [-0.25, -0.2) is 4.98 Å². The van der Waals surface area contributed by atoms with E-state index in [4.69, 9.17) is 9.47 Å². The van der Waals surface area contributed by atoms with E-state index in [1.54, 1.807) is 20.5 Å². The lowest BCUT2D eigenvalue weighted by molar-refractivity contribution is 0.355. The van der Waals surface area contributed by atoms with E-state index < -0.39 is 0 Å². The molecule has 0 radical (unpaired) electrons. The minimum Gasteiger partial charge on any atom is -0.493 e. The maximum absolute atomic E-state index is 9.20. The molecule has 0 spiro atoms. The van der Waals surface area contributed by atoms with Gasteiger partial charge in [0.15, 0.2) is 11.5 Å². The molecule has 110 valence electrons. The van der Waals surface area contributed by atoms with Crippen molar-refractivity contribution in [3.63, 3.8) is 0 Å². The Hall–Kier alpha value is -3.00. The molecular formula is C17H15N3O2. The van der Waals surface area contributed by atoms with Crippen LogP contribution in [-0.2, 0) is 6.54 Å². The molecule has 0 aliphatic heterocycles. The smallest absolute Gasteiger partial charge is 0.163 e. The summed E-state index contributed by atoms with van der Waals surface area (Å²) in [5.41, 5.74) is 3.39. The normalized spacial score (nSPS) is 10.4. The molecule has 5 heteroatoms. The molecule has 0 amide bonds. The van der Waals surface area contributed by atoms with Gasteiger partial charge in [0.2, 0.25) is 0 Å². The van der Waals surface area contributed by atoms with Crippen LogP contribution in [0.5, 0.6) is 11.5 Å². The van der Waals surface area contributed by atoms with E-state index in [2.05, 4.69) is 11.1 Å². The maximum Gasteiger partial charge on any atom is 0.163 e. The Morgan fingerprint density at radius 1 is 1.14 bits per heavy atom. The summed E-state index contributed by atoms with van der Waals surface area (Å²) in [6, 6.07) is 13.5. The molecule has 22 heavy (non-hydrogen) atoms. The van der Waals surface area contributed by atoms with Crippen LogP contribution in [0.4, 0.5) is 0 Å². The first-order valence-corrected chi connectivity index (χ1v) is 6.81. The molecule has 3 rings (SSSR count). The number of hydrogen-bond donors (Lipinski definition) is 0. The van der Waals surface area contributed by atoms with Gasteiger partial charge in [0.25, 0.3) is 0 Å². The van der Waals surface area contributed by atoms with Gasteiger partial charge in [-0.2, -0.15) is 5.26 Å². The van der Waals surface area contributed by atoms with Gasteiger partial charge in [-0.15, -0.1) is 0 Å². The minimum atomic E-state index is 0.579. The average molecular weight is 293 g/mol. The van der Waals surface area contributed by atoms with Crippen LogP contribution in [0.3, 0.4) is 0 Å². The molecule has 0 atom stereocenters. The SMILES string of the molecule is COc1cc2ncn(Cc3ccccc3C#N)c2cc1OC. The van der Waals surface area contributed by atoms with Crippen LogP contribution < -0.4 is 9.47 Å². The van der Waals surface area contributed by atoms with E-state index in [0.717, 1.165) is 16.6 Å². The van der Waals surface area contributed by atoms with Crippen LogP contribution in [0.1, 0.15) is 11.1 Å². The van der Waals surface area contributed by atoms with Crippen LogP contribution in [-0.4, -0.2) is 23.8 Å². The summed E-state index contributed by atoms with van der Waals surface area (Å²) in [6.45, 7) is 0.579. The molecule has 0 N–H and O–H groups in total. The van der Waals surface area contributed by atoms with Crippen LogP contribution >= 0.6 is 0 Å². The number of ether oxygens (including phenoxy) is 2. The number of benzene rings is 2. The summed E-state index contributed by atoms with van der Waals surface area (Å²) in [5, 5.41) is 9.20. The third-order valence-corrected chi connectivity index (χ3v) is 3.60. The predicted octanol–water partition coefficient (Wildman–Crippen LogP) is 2.97. The van der Waals surface area contributed by atoms with Crippen molar-refractivity contribution in [1.82, 2.24) is 9.55 Å². The first-order valence-electron chi connectivity index (χ1n) is 6.81. The van der Waals surface area contributed by atoms with E-state index in [9.17, 15) is 5.26 Å². The summed E-state index contributed by atoms with van der Waals surface area (Å²) in [5.74, 6) is 1.31.